The first-order valence-corrected chi connectivity index (χ1v) is 11.0. The molecule has 1 aliphatic rings. The second kappa shape index (κ2) is 8.57. The molecule has 0 bridgehead atoms. The molecule has 1 aliphatic heterocycles. The van der Waals surface area contributed by atoms with Crippen LogP contribution in [0.1, 0.15) is 40.2 Å². The first-order chi connectivity index (χ1) is 14.1. The summed E-state index contributed by atoms with van der Waals surface area (Å²) in [7, 11) is -2.42. The summed E-state index contributed by atoms with van der Waals surface area (Å²) in [5, 5.41) is 6.58. The van der Waals surface area contributed by atoms with Crippen LogP contribution in [0, 0.1) is 26.7 Å². The van der Waals surface area contributed by atoms with Gasteiger partial charge in [0.2, 0.25) is 15.9 Å². The van der Waals surface area contributed by atoms with E-state index < -0.39 is 16.0 Å². The molecule has 0 radical (unpaired) electrons. The maximum Gasteiger partial charge on any atom is 0.337 e. The molecule has 0 spiro atoms. The molecule has 9 nitrogen and oxygen atoms in total. The van der Waals surface area contributed by atoms with Gasteiger partial charge in [-0.1, -0.05) is 11.2 Å². The Balaban J connectivity index is 1.67. The standard InChI is InChI=1S/C20H25N3O6S/c1-12-5-6-16(20(25)28-4)11-17(12)21-19(24)15-7-9-23(10-8-15)30(26,27)18-13(2)22-29-14(18)3/h5-6,11,15H,7-10H2,1-4H3,(H,21,24). The van der Waals surface area contributed by atoms with Crippen LogP contribution >= 0.6 is 0 Å². The van der Waals surface area contributed by atoms with E-state index in [0.29, 0.717) is 29.8 Å². The van der Waals surface area contributed by atoms with Crippen molar-refractivity contribution in [2.24, 2.45) is 5.92 Å². The monoisotopic (exact) mass is 435 g/mol. The number of benzene rings is 1. The number of methoxy groups -OCH3 is 1. The molecule has 1 aromatic carbocycles. The zero-order valence-electron chi connectivity index (χ0n) is 17.4. The van der Waals surface area contributed by atoms with E-state index in [9.17, 15) is 18.0 Å². The van der Waals surface area contributed by atoms with Crippen LogP contribution < -0.4 is 5.32 Å². The van der Waals surface area contributed by atoms with Crippen molar-refractivity contribution in [3.63, 3.8) is 0 Å². The van der Waals surface area contributed by atoms with Crippen molar-refractivity contribution in [2.75, 3.05) is 25.5 Å². The number of aromatic nitrogens is 1. The van der Waals surface area contributed by atoms with E-state index in [4.69, 9.17) is 9.26 Å². The number of sulfonamides is 1. The van der Waals surface area contributed by atoms with Gasteiger partial charge in [-0.15, -0.1) is 0 Å². The summed E-state index contributed by atoms with van der Waals surface area (Å²) >= 11 is 0. The van der Waals surface area contributed by atoms with Gasteiger partial charge in [0.1, 0.15) is 10.6 Å². The molecule has 1 N–H and O–H groups in total. The lowest BCUT2D eigenvalue weighted by Crippen LogP contribution is -2.41. The van der Waals surface area contributed by atoms with Crippen LogP contribution in [-0.4, -0.2) is 50.0 Å². The fourth-order valence-electron chi connectivity index (χ4n) is 3.57. The summed E-state index contributed by atoms with van der Waals surface area (Å²) in [6.45, 7) is 5.44. The molecule has 0 atom stereocenters. The van der Waals surface area contributed by atoms with Crippen LogP contribution in [0.4, 0.5) is 5.69 Å². The number of nitrogens with one attached hydrogen (secondary N) is 1. The minimum atomic E-state index is -3.72. The Morgan fingerprint density at radius 2 is 1.87 bits per heavy atom. The fraction of sp³-hybridized carbons (Fsp3) is 0.450. The van der Waals surface area contributed by atoms with E-state index in [0.717, 1.165) is 5.56 Å². The smallest absolute Gasteiger partial charge is 0.337 e. The van der Waals surface area contributed by atoms with Gasteiger partial charge in [-0.05, 0) is 51.3 Å². The molecule has 10 heteroatoms. The fourth-order valence-corrected chi connectivity index (χ4v) is 5.33. The third-order valence-corrected chi connectivity index (χ3v) is 7.45. The molecule has 30 heavy (non-hydrogen) atoms. The number of piperidine rings is 1. The Hall–Kier alpha value is -2.72. The van der Waals surface area contributed by atoms with Gasteiger partial charge in [-0.3, -0.25) is 4.79 Å². The summed E-state index contributed by atoms with van der Waals surface area (Å²) in [5.41, 5.74) is 2.02. The van der Waals surface area contributed by atoms with Crippen molar-refractivity contribution in [1.29, 1.82) is 0 Å². The molecule has 3 rings (SSSR count). The first-order valence-electron chi connectivity index (χ1n) is 9.58. The summed E-state index contributed by atoms with van der Waals surface area (Å²) < 4.78 is 36.9. The molecule has 1 saturated heterocycles. The highest BCUT2D eigenvalue weighted by molar-refractivity contribution is 7.89. The van der Waals surface area contributed by atoms with Crippen LogP contribution in [0.3, 0.4) is 0 Å². The average molecular weight is 436 g/mol. The van der Waals surface area contributed by atoms with E-state index in [1.807, 2.05) is 6.92 Å². The van der Waals surface area contributed by atoms with Crippen molar-refractivity contribution in [3.8, 4) is 0 Å². The predicted octanol–water partition coefficient (Wildman–Crippen LogP) is 2.43. The minimum absolute atomic E-state index is 0.0978. The van der Waals surface area contributed by atoms with Crippen LogP contribution in [0.15, 0.2) is 27.6 Å². The van der Waals surface area contributed by atoms with Gasteiger partial charge in [0.15, 0.2) is 5.76 Å². The predicted molar refractivity (Wildman–Crippen MR) is 109 cm³/mol. The third kappa shape index (κ3) is 4.24. The Morgan fingerprint density at radius 1 is 1.20 bits per heavy atom. The number of ether oxygens (including phenoxy) is 1. The number of nitrogens with zero attached hydrogens (tertiary/aromatic N) is 2. The quantitative estimate of drug-likeness (QED) is 0.716. The molecule has 1 fully saturated rings. The van der Waals surface area contributed by atoms with E-state index >= 15 is 0 Å². The number of carbonyl (C=O) groups excluding carboxylic acids is 2. The number of esters is 1. The SMILES string of the molecule is COC(=O)c1ccc(C)c(NC(=O)C2CCN(S(=O)(=O)c3c(C)noc3C)CC2)c1. The van der Waals surface area contributed by atoms with E-state index in [1.54, 1.807) is 32.0 Å². The molecular formula is C20H25N3O6S. The lowest BCUT2D eigenvalue weighted by Gasteiger charge is -2.30. The number of aryl methyl sites for hydroxylation is 3. The highest BCUT2D eigenvalue weighted by atomic mass is 32.2. The van der Waals surface area contributed by atoms with Gasteiger partial charge in [-0.25, -0.2) is 13.2 Å². The molecule has 0 unspecified atom stereocenters. The zero-order chi connectivity index (χ0) is 22.1. The van der Waals surface area contributed by atoms with Gasteiger partial charge in [0.05, 0.1) is 12.7 Å². The first kappa shape index (κ1) is 22.0. The van der Waals surface area contributed by atoms with Crippen LogP contribution in [0.2, 0.25) is 0 Å². The number of hydrogen-bond acceptors (Lipinski definition) is 7. The summed E-state index contributed by atoms with van der Waals surface area (Å²) in [4.78, 5) is 24.6. The van der Waals surface area contributed by atoms with Crippen LogP contribution in [0.5, 0.6) is 0 Å². The molecule has 162 valence electrons. The van der Waals surface area contributed by atoms with Crippen LogP contribution in [-0.2, 0) is 19.6 Å². The van der Waals surface area contributed by atoms with Gasteiger partial charge in [0.25, 0.3) is 0 Å². The molecule has 0 saturated carbocycles. The normalized spacial score (nSPS) is 15.7. The van der Waals surface area contributed by atoms with Crippen molar-refractivity contribution in [3.05, 3.63) is 40.8 Å². The number of amides is 1. The van der Waals surface area contributed by atoms with Gasteiger partial charge in [-0.2, -0.15) is 4.31 Å². The molecule has 1 aromatic heterocycles. The Kier molecular flexibility index (Phi) is 6.27. The van der Waals surface area contributed by atoms with Crippen molar-refractivity contribution >= 4 is 27.6 Å². The van der Waals surface area contributed by atoms with E-state index in [-0.39, 0.29) is 35.6 Å². The second-order valence-electron chi connectivity index (χ2n) is 7.34. The molecule has 2 aromatic rings. The molecule has 1 amide bonds. The Bertz CT molecular complexity index is 1050. The van der Waals surface area contributed by atoms with Crippen molar-refractivity contribution in [1.82, 2.24) is 9.46 Å². The molecule has 2 heterocycles. The summed E-state index contributed by atoms with van der Waals surface area (Å²) in [6, 6.07) is 4.95. The Labute approximate surface area is 175 Å². The number of rotatable bonds is 5. The average Bonchev–Trinajstić information content (AvgIpc) is 3.07. The topological polar surface area (TPSA) is 119 Å². The number of carbonyl (C=O) groups is 2. The van der Waals surface area contributed by atoms with Gasteiger partial charge >= 0.3 is 5.97 Å². The zero-order valence-corrected chi connectivity index (χ0v) is 18.2. The number of anilines is 1. The summed E-state index contributed by atoms with van der Waals surface area (Å²) in [5.74, 6) is -0.756. The van der Waals surface area contributed by atoms with E-state index in [2.05, 4.69) is 10.5 Å². The largest absolute Gasteiger partial charge is 0.465 e. The second-order valence-corrected chi connectivity index (χ2v) is 9.22. The van der Waals surface area contributed by atoms with Crippen molar-refractivity contribution < 1.29 is 27.3 Å². The maximum absolute atomic E-state index is 12.9. The highest BCUT2D eigenvalue weighted by Gasteiger charge is 2.35. The van der Waals surface area contributed by atoms with Gasteiger partial charge in [0, 0.05) is 24.7 Å². The van der Waals surface area contributed by atoms with E-state index in [1.165, 1.54) is 11.4 Å². The lowest BCUT2D eigenvalue weighted by molar-refractivity contribution is -0.120. The van der Waals surface area contributed by atoms with Gasteiger partial charge < -0.3 is 14.6 Å². The maximum atomic E-state index is 12.9. The van der Waals surface area contributed by atoms with Crippen LogP contribution in [0.25, 0.3) is 0 Å². The Morgan fingerprint density at radius 3 is 2.43 bits per heavy atom. The number of hydrogen-bond donors (Lipinski definition) is 1. The third-order valence-electron chi connectivity index (χ3n) is 5.31. The molecule has 0 aliphatic carbocycles. The highest BCUT2D eigenvalue weighted by Crippen LogP contribution is 2.28. The minimum Gasteiger partial charge on any atom is -0.465 e. The lowest BCUT2D eigenvalue weighted by atomic mass is 9.97. The molecular weight excluding hydrogens is 410 g/mol. The summed E-state index contributed by atoms with van der Waals surface area (Å²) in [6.07, 6.45) is 0.786. The van der Waals surface area contributed by atoms with Crippen molar-refractivity contribution in [2.45, 2.75) is 38.5 Å².